The fourth-order valence-corrected chi connectivity index (χ4v) is 4.88. The van der Waals surface area contributed by atoms with Crippen LogP contribution in [0.3, 0.4) is 0 Å². The Labute approximate surface area is 159 Å². The number of hydrogen-bond acceptors (Lipinski definition) is 6. The number of amides is 1. The molecule has 1 aromatic heterocycles. The van der Waals surface area contributed by atoms with Crippen molar-refractivity contribution in [3.05, 3.63) is 17.0 Å². The summed E-state index contributed by atoms with van der Waals surface area (Å²) in [5.41, 5.74) is 1.82. The Morgan fingerprint density at radius 1 is 1.19 bits per heavy atom. The molecular weight excluding hydrogens is 372 g/mol. The molecule has 0 aromatic carbocycles. The molecule has 2 aliphatic heterocycles. The van der Waals surface area contributed by atoms with Gasteiger partial charge in [-0.3, -0.25) is 14.3 Å². The van der Waals surface area contributed by atoms with Crippen LogP contribution in [0.1, 0.15) is 28.7 Å². The molecule has 0 spiro atoms. The van der Waals surface area contributed by atoms with Crippen LogP contribution in [-0.4, -0.2) is 84.2 Å². The molecule has 0 N–H and O–H groups in total. The second-order valence-electron chi connectivity index (χ2n) is 7.44. The van der Waals surface area contributed by atoms with E-state index in [1.54, 1.807) is 23.4 Å². The van der Waals surface area contributed by atoms with Crippen LogP contribution >= 0.6 is 0 Å². The summed E-state index contributed by atoms with van der Waals surface area (Å²) in [6.45, 7) is 6.81. The van der Waals surface area contributed by atoms with Gasteiger partial charge in [0, 0.05) is 31.2 Å². The maximum Gasteiger partial charge on any atom is 0.244 e. The van der Waals surface area contributed by atoms with Crippen molar-refractivity contribution < 1.29 is 22.7 Å². The third-order valence-electron chi connectivity index (χ3n) is 5.24. The lowest BCUT2D eigenvalue weighted by atomic mass is 10.1. The summed E-state index contributed by atoms with van der Waals surface area (Å²) < 4.78 is 32.7. The van der Waals surface area contributed by atoms with Gasteiger partial charge in [-0.25, -0.2) is 8.42 Å². The van der Waals surface area contributed by atoms with Gasteiger partial charge in [-0.1, -0.05) is 0 Å². The number of fused-ring (bicyclic) bond motifs is 3. The molecule has 1 aromatic rings. The molecule has 2 atom stereocenters. The van der Waals surface area contributed by atoms with Crippen molar-refractivity contribution >= 4 is 21.7 Å². The minimum atomic E-state index is -3.33. The monoisotopic (exact) mass is 398 g/mol. The molecule has 0 unspecified atom stereocenters. The van der Waals surface area contributed by atoms with E-state index in [9.17, 15) is 18.0 Å². The van der Waals surface area contributed by atoms with Gasteiger partial charge in [0.1, 0.15) is 6.54 Å². The molecule has 2 saturated heterocycles. The fourth-order valence-electron chi connectivity index (χ4n) is 3.96. The number of carbonyl (C=O) groups excluding carboxylic acids is 2. The summed E-state index contributed by atoms with van der Waals surface area (Å²) >= 11 is 0. The van der Waals surface area contributed by atoms with Gasteiger partial charge in [0.25, 0.3) is 0 Å². The summed E-state index contributed by atoms with van der Waals surface area (Å²) in [6.07, 6.45) is 1.19. The third-order valence-corrected chi connectivity index (χ3v) is 6.48. The fraction of sp³-hybridized carbons (Fsp3) is 0.706. The van der Waals surface area contributed by atoms with Crippen molar-refractivity contribution in [2.45, 2.75) is 33.4 Å². The van der Waals surface area contributed by atoms with Crippen LogP contribution in [0.15, 0.2) is 0 Å². The maximum absolute atomic E-state index is 13.0. The van der Waals surface area contributed by atoms with E-state index < -0.39 is 10.0 Å². The number of sulfonamides is 1. The van der Waals surface area contributed by atoms with E-state index in [1.807, 2.05) is 0 Å². The molecule has 0 radical (unpaired) electrons. The minimum absolute atomic E-state index is 0.0159. The Hall–Kier alpha value is -1.78. The predicted molar refractivity (Wildman–Crippen MR) is 97.9 cm³/mol. The van der Waals surface area contributed by atoms with Gasteiger partial charge in [-0.15, -0.1) is 0 Å². The van der Waals surface area contributed by atoms with E-state index in [-0.39, 0.29) is 36.7 Å². The number of Topliss-reactive ketones (excluding diaryl/α,β-unsaturated/α-hetero) is 1. The van der Waals surface area contributed by atoms with Crippen molar-refractivity contribution in [3.8, 4) is 0 Å². The lowest BCUT2D eigenvalue weighted by Crippen LogP contribution is -2.48. The van der Waals surface area contributed by atoms with Crippen LogP contribution in [-0.2, 0) is 26.1 Å². The lowest BCUT2D eigenvalue weighted by molar-refractivity contribution is -0.134. The van der Waals surface area contributed by atoms with E-state index in [1.165, 1.54) is 17.5 Å². The molecule has 3 heterocycles. The quantitative estimate of drug-likeness (QED) is 0.652. The molecule has 0 aliphatic carbocycles. The highest BCUT2D eigenvalue weighted by molar-refractivity contribution is 7.88. The van der Waals surface area contributed by atoms with Crippen molar-refractivity contribution in [2.75, 3.05) is 39.1 Å². The van der Waals surface area contributed by atoms with E-state index in [0.717, 1.165) is 0 Å². The van der Waals surface area contributed by atoms with Gasteiger partial charge in [0.2, 0.25) is 15.9 Å². The number of aryl methyl sites for hydroxylation is 1. The number of hydrogen-bond donors (Lipinski definition) is 0. The highest BCUT2D eigenvalue weighted by atomic mass is 32.2. The maximum atomic E-state index is 13.0. The Kier molecular flexibility index (Phi) is 5.42. The highest BCUT2D eigenvalue weighted by Gasteiger charge is 2.38. The van der Waals surface area contributed by atoms with E-state index >= 15 is 0 Å². The van der Waals surface area contributed by atoms with Gasteiger partial charge in [-0.2, -0.15) is 9.40 Å². The van der Waals surface area contributed by atoms with E-state index in [0.29, 0.717) is 43.3 Å². The number of ketones is 1. The molecule has 0 saturated carbocycles. The first kappa shape index (κ1) is 20.0. The van der Waals surface area contributed by atoms with Crippen LogP contribution in [0, 0.1) is 19.8 Å². The molecule has 2 bridgehead atoms. The molecule has 9 nitrogen and oxygen atoms in total. The molecule has 10 heteroatoms. The smallest absolute Gasteiger partial charge is 0.244 e. The summed E-state index contributed by atoms with van der Waals surface area (Å²) in [6, 6.07) is -0.330. The topological polar surface area (TPSA) is 102 Å². The lowest BCUT2D eigenvalue weighted by Gasteiger charge is -2.30. The average molecular weight is 398 g/mol. The van der Waals surface area contributed by atoms with Gasteiger partial charge in [0.15, 0.2) is 5.78 Å². The van der Waals surface area contributed by atoms with E-state index in [2.05, 4.69) is 5.10 Å². The highest BCUT2D eigenvalue weighted by Crippen LogP contribution is 2.22. The Bertz CT molecular complexity index is 863. The number of carbonyl (C=O) groups is 2. The average Bonchev–Trinajstić information content (AvgIpc) is 2.70. The third kappa shape index (κ3) is 4.07. The Balaban J connectivity index is 1.83. The van der Waals surface area contributed by atoms with E-state index in [4.69, 9.17) is 4.74 Å². The molecule has 1 amide bonds. The molecule has 27 heavy (non-hydrogen) atoms. The first-order valence-corrected chi connectivity index (χ1v) is 10.8. The second kappa shape index (κ2) is 7.33. The Morgan fingerprint density at radius 2 is 1.89 bits per heavy atom. The standard InChI is InChI=1S/C17H26N4O5S/c1-11-17(13(3)22)12(2)21(18-11)8-16(23)20-6-14-5-19(27(4,24)25)7-15(20)10-26-9-14/h14-15H,5-10H2,1-4H3/t14-,15-/m0/s1. The number of ether oxygens (including phenoxy) is 1. The number of nitrogens with zero attached hydrogens (tertiary/aromatic N) is 4. The first-order chi connectivity index (χ1) is 12.6. The van der Waals surface area contributed by atoms with Crippen LogP contribution < -0.4 is 0 Å². The molecular formula is C17H26N4O5S. The normalized spacial score (nSPS) is 23.9. The minimum Gasteiger partial charge on any atom is -0.379 e. The summed E-state index contributed by atoms with van der Waals surface area (Å²) in [7, 11) is -3.33. The largest absolute Gasteiger partial charge is 0.379 e. The zero-order valence-electron chi connectivity index (χ0n) is 16.1. The van der Waals surface area contributed by atoms with Crippen LogP contribution in [0.2, 0.25) is 0 Å². The summed E-state index contributed by atoms with van der Waals surface area (Å²) in [4.78, 5) is 26.5. The molecule has 3 rings (SSSR count). The zero-order chi connectivity index (χ0) is 19.9. The van der Waals surface area contributed by atoms with Crippen LogP contribution in [0.5, 0.6) is 0 Å². The number of aromatic nitrogens is 2. The number of rotatable bonds is 4. The molecule has 2 aliphatic rings. The first-order valence-electron chi connectivity index (χ1n) is 8.95. The predicted octanol–water partition coefficient (Wildman–Crippen LogP) is -0.179. The van der Waals surface area contributed by atoms with Crippen LogP contribution in [0.4, 0.5) is 0 Å². The van der Waals surface area contributed by atoms with Crippen LogP contribution in [0.25, 0.3) is 0 Å². The van der Waals surface area contributed by atoms with Gasteiger partial charge in [0.05, 0.1) is 36.8 Å². The van der Waals surface area contributed by atoms with Gasteiger partial charge < -0.3 is 9.64 Å². The van der Waals surface area contributed by atoms with Crippen molar-refractivity contribution in [3.63, 3.8) is 0 Å². The Morgan fingerprint density at radius 3 is 2.48 bits per heavy atom. The van der Waals surface area contributed by atoms with Crippen molar-refractivity contribution in [2.24, 2.45) is 5.92 Å². The SMILES string of the molecule is CC(=O)c1c(C)nn(CC(=O)N2C[C@H]3COC[C@@H]2CN(S(C)(=O)=O)C3)c1C. The van der Waals surface area contributed by atoms with Crippen molar-refractivity contribution in [1.82, 2.24) is 19.0 Å². The second-order valence-corrected chi connectivity index (χ2v) is 9.43. The van der Waals surface area contributed by atoms with Gasteiger partial charge >= 0.3 is 0 Å². The van der Waals surface area contributed by atoms with Crippen molar-refractivity contribution in [1.29, 1.82) is 0 Å². The summed E-state index contributed by atoms with van der Waals surface area (Å²) in [5, 5.41) is 4.34. The molecule has 2 fully saturated rings. The summed E-state index contributed by atoms with van der Waals surface area (Å²) in [5.74, 6) is -0.289. The zero-order valence-corrected chi connectivity index (χ0v) is 17.0. The van der Waals surface area contributed by atoms with Gasteiger partial charge in [-0.05, 0) is 20.8 Å². The molecule has 150 valence electrons.